The second-order valence-electron chi connectivity index (χ2n) is 11.7. The van der Waals surface area contributed by atoms with Crippen molar-refractivity contribution in [3.8, 4) is 11.1 Å². The summed E-state index contributed by atoms with van der Waals surface area (Å²) in [4.78, 5) is 12.3. The average molecular weight is 518 g/mol. The summed E-state index contributed by atoms with van der Waals surface area (Å²) in [7, 11) is 0. The van der Waals surface area contributed by atoms with Crippen molar-refractivity contribution in [1.29, 1.82) is 0 Å². The lowest BCUT2D eigenvalue weighted by molar-refractivity contribution is 0.227. The fraction of sp³-hybridized carbons (Fsp3) is 0.412. The van der Waals surface area contributed by atoms with E-state index in [0.29, 0.717) is 0 Å². The molecule has 1 atom stereocenters. The van der Waals surface area contributed by atoms with Crippen LogP contribution in [0.3, 0.4) is 0 Å². The summed E-state index contributed by atoms with van der Waals surface area (Å²) >= 11 is 1.92. The number of aliphatic imine (C=N–C) groups is 1. The Hall–Kier alpha value is -2.85. The van der Waals surface area contributed by atoms with Crippen LogP contribution in [0.15, 0.2) is 65.3 Å². The summed E-state index contributed by atoms with van der Waals surface area (Å²) in [5.74, 6) is 3.79. The molecule has 5 aliphatic rings. The number of thioether (sulfide) groups is 1. The Balaban J connectivity index is 1.28. The van der Waals surface area contributed by atoms with E-state index in [1.54, 1.807) is 11.1 Å². The maximum Gasteiger partial charge on any atom is 0.128 e. The van der Waals surface area contributed by atoms with Gasteiger partial charge in [-0.3, -0.25) is 4.99 Å². The number of benzene rings is 2. The van der Waals surface area contributed by atoms with E-state index in [9.17, 15) is 0 Å². The summed E-state index contributed by atoms with van der Waals surface area (Å²) in [6.07, 6.45) is 17.4. The van der Waals surface area contributed by atoms with Crippen LogP contribution in [-0.4, -0.2) is 35.4 Å². The molecule has 8 rings (SSSR count). The Labute approximate surface area is 230 Å². The minimum atomic E-state index is 0.727. The summed E-state index contributed by atoms with van der Waals surface area (Å²) in [5, 5.41) is 4.01. The lowest BCUT2D eigenvalue weighted by atomic mass is 9.64. The molecule has 2 aliphatic heterocycles. The van der Waals surface area contributed by atoms with Crippen LogP contribution in [0.5, 0.6) is 0 Å². The van der Waals surface area contributed by atoms with Gasteiger partial charge in [0.1, 0.15) is 5.82 Å². The molecular formula is C34H35N3S. The molecule has 1 saturated heterocycles. The van der Waals surface area contributed by atoms with Gasteiger partial charge >= 0.3 is 0 Å². The maximum absolute atomic E-state index is 5.00. The van der Waals surface area contributed by atoms with Crippen LogP contribution in [-0.2, 0) is 6.42 Å². The molecule has 38 heavy (non-hydrogen) atoms. The number of hydrogen-bond donors (Lipinski definition) is 0. The molecule has 3 aromatic rings. The van der Waals surface area contributed by atoms with Gasteiger partial charge in [0.05, 0.1) is 5.04 Å². The fourth-order valence-electron chi connectivity index (χ4n) is 7.54. The van der Waals surface area contributed by atoms with Crippen LogP contribution >= 0.6 is 11.8 Å². The topological polar surface area (TPSA) is 28.5 Å². The minimum Gasteiger partial charge on any atom is -0.357 e. The molecule has 0 radical (unpaired) electrons. The van der Waals surface area contributed by atoms with Crippen LogP contribution in [0.2, 0.25) is 0 Å². The second kappa shape index (κ2) is 9.41. The lowest BCUT2D eigenvalue weighted by Crippen LogP contribution is -2.29. The van der Waals surface area contributed by atoms with E-state index < -0.39 is 0 Å². The molecule has 3 heterocycles. The van der Waals surface area contributed by atoms with Crippen LogP contribution < -0.4 is 4.90 Å². The van der Waals surface area contributed by atoms with Crippen molar-refractivity contribution in [2.75, 3.05) is 30.3 Å². The summed E-state index contributed by atoms with van der Waals surface area (Å²) in [6.45, 7) is 3.17. The zero-order chi connectivity index (χ0) is 25.1. The number of hydrogen-bond acceptors (Lipinski definition) is 4. The summed E-state index contributed by atoms with van der Waals surface area (Å²) in [6, 6.07) is 14.1. The van der Waals surface area contributed by atoms with E-state index in [1.165, 1.54) is 95.0 Å². The number of nitrogens with zero attached hydrogens (tertiary/aromatic N) is 3. The summed E-state index contributed by atoms with van der Waals surface area (Å²) < 4.78 is 0. The largest absolute Gasteiger partial charge is 0.357 e. The Bertz CT molecular complexity index is 1500. The molecule has 0 bridgehead atoms. The molecule has 192 valence electrons. The van der Waals surface area contributed by atoms with E-state index in [4.69, 9.17) is 9.98 Å². The average Bonchev–Trinajstić information content (AvgIpc) is 3.67. The highest BCUT2D eigenvalue weighted by molar-refractivity contribution is 8.14. The Morgan fingerprint density at radius 2 is 1.76 bits per heavy atom. The number of pyridine rings is 1. The standard InChI is InChI=1S/C34H35N3S/c1-2-9-26-25(8-1)27-13-14-29-28(31(27)20-30(26)22-6-5-7-22)12-11-24(33(29)34-35-16-19-38-34)23-10-15-32(36-21-23)37-17-3-4-18-37/h1,8,10-15,21-22,30H,2-7,9,16-20H2. The highest BCUT2D eigenvalue weighted by Crippen LogP contribution is 2.50. The van der Waals surface area contributed by atoms with Gasteiger partial charge in [-0.15, -0.1) is 11.8 Å². The van der Waals surface area contributed by atoms with Gasteiger partial charge in [-0.1, -0.05) is 48.4 Å². The highest BCUT2D eigenvalue weighted by atomic mass is 32.2. The third-order valence-electron chi connectivity index (χ3n) is 9.69. The van der Waals surface area contributed by atoms with Crippen LogP contribution in [0.1, 0.15) is 61.6 Å². The smallest absolute Gasteiger partial charge is 0.128 e. The molecule has 1 saturated carbocycles. The fourth-order valence-corrected chi connectivity index (χ4v) is 8.47. The van der Waals surface area contributed by atoms with Crippen molar-refractivity contribution in [2.45, 2.75) is 51.4 Å². The normalized spacial score (nSPS) is 23.0. The lowest BCUT2D eigenvalue weighted by Gasteiger charge is -2.41. The highest BCUT2D eigenvalue weighted by Gasteiger charge is 2.36. The maximum atomic E-state index is 5.00. The van der Waals surface area contributed by atoms with Gasteiger partial charge in [0.25, 0.3) is 0 Å². The van der Waals surface area contributed by atoms with Gasteiger partial charge < -0.3 is 4.90 Å². The number of fused-ring (bicyclic) bond motifs is 4. The zero-order valence-corrected chi connectivity index (χ0v) is 22.9. The predicted molar refractivity (Wildman–Crippen MR) is 162 cm³/mol. The Morgan fingerprint density at radius 3 is 2.53 bits per heavy atom. The van der Waals surface area contributed by atoms with Crippen molar-refractivity contribution in [3.63, 3.8) is 0 Å². The van der Waals surface area contributed by atoms with Gasteiger partial charge in [-0.25, -0.2) is 4.98 Å². The SMILES string of the molecule is C1=CC2=C(CC1)C(C1CCC1)Cc1c2ccc2c(C3=NCCS3)c(-c3ccc(N4CCCC4)nc3)ccc12. The minimum absolute atomic E-state index is 0.727. The zero-order valence-electron chi connectivity index (χ0n) is 22.1. The van der Waals surface area contributed by atoms with Crippen LogP contribution in [0, 0.1) is 11.8 Å². The van der Waals surface area contributed by atoms with Crippen molar-refractivity contribution < 1.29 is 0 Å². The first kappa shape index (κ1) is 23.1. The number of aromatic nitrogens is 1. The molecule has 4 heteroatoms. The Morgan fingerprint density at radius 1 is 0.895 bits per heavy atom. The van der Waals surface area contributed by atoms with Crippen molar-refractivity contribution >= 4 is 39.0 Å². The first-order valence-corrected chi connectivity index (χ1v) is 15.7. The molecule has 0 spiro atoms. The summed E-state index contributed by atoms with van der Waals surface area (Å²) in [5.41, 5.74) is 10.1. The molecule has 2 fully saturated rings. The van der Waals surface area contributed by atoms with E-state index >= 15 is 0 Å². The van der Waals surface area contributed by atoms with Gasteiger partial charge in [-0.2, -0.15) is 0 Å². The van der Waals surface area contributed by atoms with Gasteiger partial charge in [0.15, 0.2) is 0 Å². The van der Waals surface area contributed by atoms with Crippen molar-refractivity contribution in [3.05, 3.63) is 77.0 Å². The molecule has 3 aliphatic carbocycles. The monoisotopic (exact) mass is 517 g/mol. The van der Waals surface area contributed by atoms with Gasteiger partial charge in [-0.05, 0) is 102 Å². The molecule has 1 unspecified atom stereocenters. The van der Waals surface area contributed by atoms with Crippen molar-refractivity contribution in [1.82, 2.24) is 4.98 Å². The third kappa shape index (κ3) is 3.71. The molecule has 1 aromatic heterocycles. The predicted octanol–water partition coefficient (Wildman–Crippen LogP) is 8.07. The van der Waals surface area contributed by atoms with Gasteiger partial charge in [0, 0.05) is 42.7 Å². The molecule has 2 aromatic carbocycles. The molecule has 3 nitrogen and oxygen atoms in total. The quantitative estimate of drug-likeness (QED) is 0.350. The van der Waals surface area contributed by atoms with E-state index in [1.807, 2.05) is 11.8 Å². The third-order valence-corrected chi connectivity index (χ3v) is 10.7. The first-order chi connectivity index (χ1) is 18.8. The van der Waals surface area contributed by atoms with Crippen molar-refractivity contribution in [2.24, 2.45) is 16.8 Å². The van der Waals surface area contributed by atoms with E-state index in [0.717, 1.165) is 43.0 Å². The molecule has 0 N–H and O–H groups in total. The second-order valence-corrected chi connectivity index (χ2v) is 12.8. The van der Waals surface area contributed by atoms with E-state index in [2.05, 4.69) is 59.6 Å². The van der Waals surface area contributed by atoms with Crippen LogP contribution in [0.4, 0.5) is 5.82 Å². The van der Waals surface area contributed by atoms with Gasteiger partial charge in [0.2, 0.25) is 0 Å². The number of allylic oxidation sites excluding steroid dienone is 4. The molecular weight excluding hydrogens is 482 g/mol. The number of rotatable bonds is 4. The van der Waals surface area contributed by atoms with E-state index in [-0.39, 0.29) is 0 Å². The van der Waals surface area contributed by atoms with Crippen LogP contribution in [0.25, 0.3) is 27.5 Å². The molecule has 0 amide bonds. The Kier molecular flexibility index (Phi) is 5.71. The number of anilines is 1. The first-order valence-electron chi connectivity index (χ1n) is 14.7.